The van der Waals surface area contributed by atoms with Gasteiger partial charge in [-0.3, -0.25) is 9.36 Å². The zero-order valence-corrected chi connectivity index (χ0v) is 10.2. The van der Waals surface area contributed by atoms with Gasteiger partial charge in [-0.05, 0) is 42.2 Å². The first-order chi connectivity index (χ1) is 7.18. The fourth-order valence-corrected chi connectivity index (χ4v) is 2.22. The summed E-state index contributed by atoms with van der Waals surface area (Å²) in [6.45, 7) is 3.64. The van der Waals surface area contributed by atoms with Crippen LogP contribution in [0.3, 0.4) is 0 Å². The monoisotopic (exact) mass is 271 g/mol. The zero-order valence-electron chi connectivity index (χ0n) is 8.66. The highest BCUT2D eigenvalue weighted by atomic mass is 79.9. The van der Waals surface area contributed by atoms with E-state index in [4.69, 9.17) is 0 Å². The van der Waals surface area contributed by atoms with Gasteiger partial charge in [0.25, 0.3) is 5.56 Å². The van der Waals surface area contributed by atoms with Crippen LogP contribution in [0.2, 0.25) is 0 Å². The van der Waals surface area contributed by atoms with Gasteiger partial charge in [-0.15, -0.1) is 0 Å². The maximum absolute atomic E-state index is 11.8. The van der Waals surface area contributed by atoms with Crippen LogP contribution in [0, 0.1) is 6.92 Å². The van der Waals surface area contributed by atoms with E-state index in [1.807, 2.05) is 6.92 Å². The second kappa shape index (κ2) is 4.45. The molecule has 1 N–H and O–H groups in total. The summed E-state index contributed by atoms with van der Waals surface area (Å²) in [5, 5.41) is 3.38. The van der Waals surface area contributed by atoms with Crippen LogP contribution in [0.15, 0.2) is 15.5 Å². The molecule has 1 atom stereocenters. The molecule has 0 aliphatic carbocycles. The molecule has 1 aromatic rings. The van der Waals surface area contributed by atoms with E-state index in [1.165, 1.54) is 6.42 Å². The largest absolute Gasteiger partial charge is 0.312 e. The van der Waals surface area contributed by atoms with Gasteiger partial charge in [0.15, 0.2) is 0 Å². The molecule has 1 saturated heterocycles. The van der Waals surface area contributed by atoms with E-state index >= 15 is 0 Å². The Morgan fingerprint density at radius 3 is 3.20 bits per heavy atom. The molecular weight excluding hydrogens is 258 g/mol. The Bertz CT molecular complexity index is 410. The first kappa shape index (κ1) is 10.8. The van der Waals surface area contributed by atoms with Crippen molar-refractivity contribution in [3.63, 3.8) is 0 Å². The Morgan fingerprint density at radius 2 is 2.53 bits per heavy atom. The Hall–Kier alpha value is -0.680. The molecule has 0 saturated carbocycles. The summed E-state index contributed by atoms with van der Waals surface area (Å²) in [6.07, 6.45) is 3.90. The highest BCUT2D eigenvalue weighted by molar-refractivity contribution is 9.10. The molecule has 1 aromatic heterocycles. The number of hydrogen-bond acceptors (Lipinski definition) is 3. The van der Waals surface area contributed by atoms with Crippen molar-refractivity contribution in [2.24, 2.45) is 0 Å². The van der Waals surface area contributed by atoms with E-state index in [9.17, 15) is 4.79 Å². The Balaban J connectivity index is 2.26. The van der Waals surface area contributed by atoms with E-state index < -0.39 is 0 Å². The van der Waals surface area contributed by atoms with E-state index in [2.05, 4.69) is 26.2 Å². The van der Waals surface area contributed by atoms with Crippen molar-refractivity contribution in [2.45, 2.75) is 32.4 Å². The quantitative estimate of drug-likeness (QED) is 0.876. The standard InChI is InChI=1S/C10H14BrN3O/c1-7-13-5-9(11)10(15)14(7)6-8-3-2-4-12-8/h5,8,12H,2-4,6H2,1H3/t8-/m0/s1. The van der Waals surface area contributed by atoms with Gasteiger partial charge >= 0.3 is 0 Å². The van der Waals surface area contributed by atoms with E-state index in [0.29, 0.717) is 10.5 Å². The fourth-order valence-electron chi connectivity index (χ4n) is 1.90. The molecule has 5 heteroatoms. The normalized spacial score (nSPS) is 20.8. The minimum absolute atomic E-state index is 0.0104. The maximum atomic E-state index is 11.8. The van der Waals surface area contributed by atoms with Crippen molar-refractivity contribution in [3.8, 4) is 0 Å². The Morgan fingerprint density at radius 1 is 1.73 bits per heavy atom. The number of nitrogens with zero attached hydrogens (tertiary/aromatic N) is 2. The topological polar surface area (TPSA) is 46.9 Å². The van der Waals surface area contributed by atoms with Gasteiger partial charge in [-0.1, -0.05) is 0 Å². The molecule has 15 heavy (non-hydrogen) atoms. The third-order valence-corrected chi connectivity index (χ3v) is 3.31. The molecule has 82 valence electrons. The first-order valence-corrected chi connectivity index (χ1v) is 5.93. The number of nitrogens with one attached hydrogen (secondary N) is 1. The number of rotatable bonds is 2. The van der Waals surface area contributed by atoms with Crippen LogP contribution in [-0.4, -0.2) is 22.1 Å². The molecule has 0 unspecified atom stereocenters. The van der Waals surface area contributed by atoms with Crippen LogP contribution in [-0.2, 0) is 6.54 Å². The predicted molar refractivity (Wildman–Crippen MR) is 62.0 cm³/mol. The van der Waals surface area contributed by atoms with Gasteiger partial charge in [0.1, 0.15) is 10.3 Å². The smallest absolute Gasteiger partial charge is 0.267 e. The van der Waals surface area contributed by atoms with Gasteiger partial charge in [0.2, 0.25) is 0 Å². The Kier molecular flexibility index (Phi) is 3.21. The van der Waals surface area contributed by atoms with Crippen LogP contribution in [0.4, 0.5) is 0 Å². The van der Waals surface area contributed by atoms with Crippen molar-refractivity contribution in [3.05, 3.63) is 26.8 Å². The molecule has 2 heterocycles. The van der Waals surface area contributed by atoms with Crippen LogP contribution in [0.5, 0.6) is 0 Å². The molecule has 2 rings (SSSR count). The van der Waals surface area contributed by atoms with Gasteiger partial charge in [-0.25, -0.2) is 4.98 Å². The van der Waals surface area contributed by atoms with Crippen molar-refractivity contribution in [1.82, 2.24) is 14.9 Å². The third kappa shape index (κ3) is 2.29. The van der Waals surface area contributed by atoms with E-state index in [-0.39, 0.29) is 5.56 Å². The average molecular weight is 272 g/mol. The van der Waals surface area contributed by atoms with Crippen molar-refractivity contribution in [1.29, 1.82) is 0 Å². The van der Waals surface area contributed by atoms with E-state index in [1.54, 1.807) is 10.8 Å². The number of aryl methyl sites for hydroxylation is 1. The molecule has 4 nitrogen and oxygen atoms in total. The first-order valence-electron chi connectivity index (χ1n) is 5.14. The summed E-state index contributed by atoms with van der Waals surface area (Å²) in [5.41, 5.74) is 0.0104. The van der Waals surface area contributed by atoms with Crippen LogP contribution in [0.1, 0.15) is 18.7 Å². The lowest BCUT2D eigenvalue weighted by molar-refractivity contribution is 0.484. The molecule has 1 fully saturated rings. The highest BCUT2D eigenvalue weighted by Crippen LogP contribution is 2.08. The van der Waals surface area contributed by atoms with Gasteiger partial charge in [0.05, 0.1) is 0 Å². The minimum Gasteiger partial charge on any atom is -0.312 e. The van der Waals surface area contributed by atoms with Gasteiger partial charge in [-0.2, -0.15) is 0 Å². The SMILES string of the molecule is Cc1ncc(Br)c(=O)n1C[C@@H]1CCCN1. The average Bonchev–Trinajstić information content (AvgIpc) is 2.71. The van der Waals surface area contributed by atoms with Crippen LogP contribution < -0.4 is 10.9 Å². The molecular formula is C10H14BrN3O. The number of hydrogen-bond donors (Lipinski definition) is 1. The predicted octanol–water partition coefficient (Wildman–Crippen LogP) is 1.07. The minimum atomic E-state index is 0.0104. The summed E-state index contributed by atoms with van der Waals surface area (Å²) in [5.74, 6) is 0.775. The van der Waals surface area contributed by atoms with Gasteiger partial charge in [0, 0.05) is 18.8 Å². The van der Waals surface area contributed by atoms with Crippen LogP contribution in [0.25, 0.3) is 0 Å². The molecule has 0 bridgehead atoms. The fraction of sp³-hybridized carbons (Fsp3) is 0.600. The summed E-state index contributed by atoms with van der Waals surface area (Å²) in [4.78, 5) is 16.0. The lowest BCUT2D eigenvalue weighted by Gasteiger charge is -2.14. The molecule has 0 radical (unpaired) electrons. The second-order valence-corrected chi connectivity index (χ2v) is 4.72. The number of aromatic nitrogens is 2. The summed E-state index contributed by atoms with van der Waals surface area (Å²) < 4.78 is 2.26. The van der Waals surface area contributed by atoms with E-state index in [0.717, 1.165) is 25.3 Å². The lowest BCUT2D eigenvalue weighted by atomic mass is 10.2. The Labute approximate surface area is 96.8 Å². The third-order valence-electron chi connectivity index (χ3n) is 2.77. The van der Waals surface area contributed by atoms with Crippen molar-refractivity contribution < 1.29 is 0 Å². The second-order valence-electron chi connectivity index (χ2n) is 3.86. The van der Waals surface area contributed by atoms with Crippen LogP contribution >= 0.6 is 15.9 Å². The van der Waals surface area contributed by atoms with Crippen molar-refractivity contribution >= 4 is 15.9 Å². The molecule has 0 amide bonds. The summed E-state index contributed by atoms with van der Waals surface area (Å²) in [6, 6.07) is 0.414. The highest BCUT2D eigenvalue weighted by Gasteiger charge is 2.16. The molecule has 1 aliphatic heterocycles. The summed E-state index contributed by atoms with van der Waals surface area (Å²) >= 11 is 3.21. The van der Waals surface area contributed by atoms with Crippen molar-refractivity contribution in [2.75, 3.05) is 6.54 Å². The lowest BCUT2D eigenvalue weighted by Crippen LogP contribution is -2.34. The molecule has 0 aromatic carbocycles. The summed E-state index contributed by atoms with van der Waals surface area (Å²) in [7, 11) is 0. The molecule has 0 spiro atoms. The maximum Gasteiger partial charge on any atom is 0.267 e. The molecule has 1 aliphatic rings. The zero-order chi connectivity index (χ0) is 10.8. The number of halogens is 1. The van der Waals surface area contributed by atoms with Gasteiger partial charge < -0.3 is 5.32 Å².